The fraction of sp³-hybridized carbons (Fsp3) is 0.643. The van der Waals surface area contributed by atoms with Crippen molar-refractivity contribution in [2.45, 2.75) is 40.7 Å². The number of aromatic nitrogens is 2. The van der Waals surface area contributed by atoms with E-state index in [4.69, 9.17) is 0 Å². The number of anilines is 1. The average molecular weight is 281 g/mol. The zero-order valence-corrected chi connectivity index (χ0v) is 12.5. The highest BCUT2D eigenvalue weighted by Gasteiger charge is 2.24. The Labute approximate surface area is 118 Å². The quantitative estimate of drug-likeness (QED) is 0.830. The van der Waals surface area contributed by atoms with Crippen LogP contribution in [-0.2, 0) is 11.3 Å². The Bertz CT molecular complexity index is 517. The molecule has 112 valence electrons. The number of hydrogen-bond acceptors (Lipinski definition) is 4. The second kappa shape index (κ2) is 6.54. The third-order valence-corrected chi connectivity index (χ3v) is 2.98. The predicted molar refractivity (Wildman–Crippen MR) is 77.9 cm³/mol. The summed E-state index contributed by atoms with van der Waals surface area (Å²) in [6.45, 7) is 8.60. The number of rotatable bonds is 6. The molecular formula is C14H23N3O3. The van der Waals surface area contributed by atoms with Crippen molar-refractivity contribution in [2.75, 3.05) is 11.9 Å². The lowest BCUT2D eigenvalue weighted by Crippen LogP contribution is -2.30. The topological polar surface area (TPSA) is 84.2 Å². The molecule has 6 nitrogen and oxygen atoms in total. The first-order chi connectivity index (χ1) is 9.24. The highest BCUT2D eigenvalue weighted by molar-refractivity contribution is 5.70. The van der Waals surface area contributed by atoms with E-state index in [1.165, 1.54) is 10.8 Å². The van der Waals surface area contributed by atoms with Crippen LogP contribution in [0.3, 0.4) is 0 Å². The summed E-state index contributed by atoms with van der Waals surface area (Å²) in [5.74, 6) is -1.21. The molecule has 1 unspecified atom stereocenters. The molecule has 0 aromatic carbocycles. The Morgan fingerprint density at radius 2 is 2.15 bits per heavy atom. The maximum atomic E-state index is 12.0. The van der Waals surface area contributed by atoms with Crippen molar-refractivity contribution in [3.05, 3.63) is 22.7 Å². The van der Waals surface area contributed by atoms with Gasteiger partial charge in [0.25, 0.3) is 5.56 Å². The molecule has 1 atom stereocenters. The van der Waals surface area contributed by atoms with E-state index in [1.807, 2.05) is 27.7 Å². The maximum Gasteiger partial charge on any atom is 0.308 e. The molecule has 1 aromatic heterocycles. The first-order valence-corrected chi connectivity index (χ1v) is 6.76. The van der Waals surface area contributed by atoms with Gasteiger partial charge in [0.2, 0.25) is 0 Å². The molecule has 0 saturated heterocycles. The smallest absolute Gasteiger partial charge is 0.308 e. The molecule has 2 N–H and O–H groups in total. The van der Waals surface area contributed by atoms with Crippen molar-refractivity contribution in [3.8, 4) is 0 Å². The molecule has 0 fully saturated rings. The fourth-order valence-electron chi connectivity index (χ4n) is 2.02. The summed E-state index contributed by atoms with van der Waals surface area (Å²) >= 11 is 0. The molecule has 0 aliphatic rings. The second-order valence-corrected chi connectivity index (χ2v) is 6.05. The zero-order chi connectivity index (χ0) is 15.3. The molecule has 0 aliphatic heterocycles. The molecule has 0 saturated carbocycles. The van der Waals surface area contributed by atoms with Gasteiger partial charge in [-0.3, -0.25) is 9.59 Å². The number of carbonyl (C=O) groups is 1. The number of carboxylic acid groups (broad SMARTS) is 1. The van der Waals surface area contributed by atoms with Crippen molar-refractivity contribution in [2.24, 2.45) is 11.3 Å². The van der Waals surface area contributed by atoms with Crippen molar-refractivity contribution >= 4 is 11.8 Å². The van der Waals surface area contributed by atoms with Crippen LogP contribution in [0.4, 0.5) is 5.82 Å². The van der Waals surface area contributed by atoms with Crippen LogP contribution in [-0.4, -0.2) is 27.2 Å². The molecule has 6 heteroatoms. The zero-order valence-electron chi connectivity index (χ0n) is 12.5. The summed E-state index contributed by atoms with van der Waals surface area (Å²) in [5, 5.41) is 12.1. The molecule has 20 heavy (non-hydrogen) atoms. The molecule has 1 aromatic rings. The van der Waals surface area contributed by atoms with Gasteiger partial charge >= 0.3 is 5.97 Å². The van der Waals surface area contributed by atoms with Gasteiger partial charge in [0, 0.05) is 25.5 Å². The Balaban J connectivity index is 2.78. The van der Waals surface area contributed by atoms with Crippen LogP contribution in [0.15, 0.2) is 17.2 Å². The SMILES string of the molecule is CCn1ccnc(NCC(CC(C)(C)C)C(=O)O)c1=O. The molecule has 0 amide bonds. The summed E-state index contributed by atoms with van der Waals surface area (Å²) in [6, 6.07) is 0. The number of nitrogens with one attached hydrogen (secondary N) is 1. The van der Waals surface area contributed by atoms with Crippen LogP contribution in [0.5, 0.6) is 0 Å². The van der Waals surface area contributed by atoms with Crippen LogP contribution in [0.2, 0.25) is 0 Å². The number of aryl methyl sites for hydroxylation is 1. The monoisotopic (exact) mass is 281 g/mol. The van der Waals surface area contributed by atoms with Gasteiger partial charge in [-0.1, -0.05) is 20.8 Å². The Hall–Kier alpha value is -1.85. The maximum absolute atomic E-state index is 12.0. The van der Waals surface area contributed by atoms with E-state index in [2.05, 4.69) is 10.3 Å². The van der Waals surface area contributed by atoms with Crippen LogP contribution in [0.25, 0.3) is 0 Å². The third-order valence-electron chi connectivity index (χ3n) is 2.98. The van der Waals surface area contributed by atoms with Gasteiger partial charge in [-0.2, -0.15) is 0 Å². The van der Waals surface area contributed by atoms with E-state index in [9.17, 15) is 14.7 Å². The summed E-state index contributed by atoms with van der Waals surface area (Å²) in [5.41, 5.74) is -0.312. The largest absolute Gasteiger partial charge is 0.481 e. The summed E-state index contributed by atoms with van der Waals surface area (Å²) < 4.78 is 1.52. The minimum absolute atomic E-state index is 0.0848. The van der Waals surface area contributed by atoms with Gasteiger partial charge in [0.15, 0.2) is 5.82 Å². The summed E-state index contributed by atoms with van der Waals surface area (Å²) in [7, 11) is 0. The molecule has 1 heterocycles. The molecule has 0 bridgehead atoms. The van der Waals surface area contributed by atoms with Crippen molar-refractivity contribution in [3.63, 3.8) is 0 Å². The average Bonchev–Trinajstić information content (AvgIpc) is 2.34. The van der Waals surface area contributed by atoms with Crippen molar-refractivity contribution < 1.29 is 9.90 Å². The van der Waals surface area contributed by atoms with E-state index >= 15 is 0 Å². The molecule has 0 radical (unpaired) electrons. The first kappa shape index (κ1) is 16.2. The summed E-state index contributed by atoms with van der Waals surface area (Å²) in [4.78, 5) is 27.2. The van der Waals surface area contributed by atoms with Gasteiger partial charge in [-0.15, -0.1) is 0 Å². The van der Waals surface area contributed by atoms with Crippen LogP contribution in [0.1, 0.15) is 34.1 Å². The second-order valence-electron chi connectivity index (χ2n) is 6.05. The lowest BCUT2D eigenvalue weighted by Gasteiger charge is -2.23. The van der Waals surface area contributed by atoms with Crippen LogP contribution < -0.4 is 10.9 Å². The van der Waals surface area contributed by atoms with Gasteiger partial charge < -0.3 is 15.0 Å². The van der Waals surface area contributed by atoms with E-state index < -0.39 is 11.9 Å². The number of aliphatic carboxylic acids is 1. The summed E-state index contributed by atoms with van der Waals surface area (Å²) in [6.07, 6.45) is 3.67. The lowest BCUT2D eigenvalue weighted by molar-refractivity contribution is -0.142. The van der Waals surface area contributed by atoms with Gasteiger partial charge in [-0.25, -0.2) is 4.98 Å². The molecule has 1 rings (SSSR count). The molecule has 0 spiro atoms. The standard InChI is InChI=1S/C14H23N3O3/c1-5-17-7-6-15-11(12(17)18)16-9-10(13(19)20)8-14(2,3)4/h6-7,10H,5,8-9H2,1-4H3,(H,15,16)(H,19,20). The van der Waals surface area contributed by atoms with Crippen molar-refractivity contribution in [1.82, 2.24) is 9.55 Å². The number of nitrogens with zero attached hydrogens (tertiary/aromatic N) is 2. The number of hydrogen-bond donors (Lipinski definition) is 2. The Morgan fingerprint density at radius 3 is 2.65 bits per heavy atom. The van der Waals surface area contributed by atoms with Gasteiger partial charge in [0.1, 0.15) is 0 Å². The van der Waals surface area contributed by atoms with E-state index in [0.29, 0.717) is 13.0 Å². The van der Waals surface area contributed by atoms with Crippen LogP contribution in [0, 0.1) is 11.3 Å². The fourth-order valence-corrected chi connectivity index (χ4v) is 2.02. The van der Waals surface area contributed by atoms with E-state index in [1.54, 1.807) is 6.20 Å². The van der Waals surface area contributed by atoms with Crippen LogP contribution >= 0.6 is 0 Å². The minimum Gasteiger partial charge on any atom is -0.481 e. The Kier molecular flexibility index (Phi) is 5.30. The highest BCUT2D eigenvalue weighted by atomic mass is 16.4. The highest BCUT2D eigenvalue weighted by Crippen LogP contribution is 2.24. The third kappa shape index (κ3) is 4.68. The first-order valence-electron chi connectivity index (χ1n) is 6.76. The Morgan fingerprint density at radius 1 is 1.50 bits per heavy atom. The molecular weight excluding hydrogens is 258 g/mol. The molecule has 0 aliphatic carbocycles. The van der Waals surface area contributed by atoms with Gasteiger partial charge in [0.05, 0.1) is 5.92 Å². The van der Waals surface area contributed by atoms with Crippen molar-refractivity contribution in [1.29, 1.82) is 0 Å². The van der Waals surface area contributed by atoms with E-state index in [-0.39, 0.29) is 23.3 Å². The normalized spacial score (nSPS) is 13.0. The van der Waals surface area contributed by atoms with Gasteiger partial charge in [-0.05, 0) is 18.8 Å². The minimum atomic E-state index is -0.862. The number of carboxylic acids is 1. The van der Waals surface area contributed by atoms with E-state index in [0.717, 1.165) is 0 Å². The lowest BCUT2D eigenvalue weighted by atomic mass is 9.84. The predicted octanol–water partition coefficient (Wildman–Crippen LogP) is 1.81.